The molecule has 0 aromatic rings. The summed E-state index contributed by atoms with van der Waals surface area (Å²) in [6, 6.07) is 3.35. The molecule has 0 rings (SSSR count). The normalized spacial score (nSPS) is 12.8. The first-order valence-corrected chi connectivity index (χ1v) is 11.0. The molecule has 0 amide bonds. The minimum Gasteiger partial charge on any atom is -0.461 e. The molecule has 0 radical (unpaired) electrons. The second kappa shape index (κ2) is 11.1. The van der Waals surface area contributed by atoms with E-state index in [1.54, 1.807) is 0 Å². The zero-order valence-corrected chi connectivity index (χ0v) is 15.6. The minimum atomic E-state index is -1.56. The van der Waals surface area contributed by atoms with Gasteiger partial charge in [0.2, 0.25) is 0 Å². The average molecular weight is 337 g/mol. The molecule has 0 aliphatic carbocycles. The molecule has 0 aromatic carbocycles. The standard InChI is InChI=1S/C14H28O5SSi/c1-6-21(7-2,8-3)18-9-10-20-14(19-13(5)16)11-17-12(4)15/h14H,6-11H2,1-5H3/t14-/m0/s1. The first kappa shape index (κ1) is 20.5. The zero-order valence-electron chi connectivity index (χ0n) is 13.8. The molecule has 0 saturated carbocycles. The molecule has 0 aliphatic heterocycles. The third-order valence-electron chi connectivity index (χ3n) is 3.45. The second-order valence-electron chi connectivity index (χ2n) is 4.80. The van der Waals surface area contributed by atoms with Crippen LogP contribution in [0, 0.1) is 0 Å². The summed E-state index contributed by atoms with van der Waals surface area (Å²) < 4.78 is 16.1. The molecule has 0 fully saturated rings. The van der Waals surface area contributed by atoms with Gasteiger partial charge in [0, 0.05) is 26.2 Å². The van der Waals surface area contributed by atoms with Crippen LogP contribution in [-0.4, -0.2) is 44.7 Å². The quantitative estimate of drug-likeness (QED) is 0.250. The van der Waals surface area contributed by atoms with Gasteiger partial charge in [-0.05, 0) is 18.1 Å². The fourth-order valence-electron chi connectivity index (χ4n) is 1.98. The largest absolute Gasteiger partial charge is 0.461 e. The summed E-state index contributed by atoms with van der Waals surface area (Å²) in [5.74, 6) is -0.0353. The van der Waals surface area contributed by atoms with Gasteiger partial charge in [-0.2, -0.15) is 0 Å². The van der Waals surface area contributed by atoms with E-state index < -0.39 is 13.8 Å². The monoisotopic (exact) mass is 336 g/mol. The van der Waals surface area contributed by atoms with Crippen LogP contribution in [0.1, 0.15) is 34.6 Å². The molecule has 5 nitrogen and oxygen atoms in total. The van der Waals surface area contributed by atoms with E-state index in [9.17, 15) is 9.59 Å². The van der Waals surface area contributed by atoms with Crippen LogP contribution in [0.3, 0.4) is 0 Å². The topological polar surface area (TPSA) is 61.8 Å². The lowest BCUT2D eigenvalue weighted by molar-refractivity contribution is -0.151. The van der Waals surface area contributed by atoms with Crippen molar-refractivity contribution in [2.75, 3.05) is 19.0 Å². The Labute approximate surface area is 133 Å². The molecule has 21 heavy (non-hydrogen) atoms. The lowest BCUT2D eigenvalue weighted by atomic mass is 10.7. The number of hydrogen-bond acceptors (Lipinski definition) is 6. The fourth-order valence-corrected chi connectivity index (χ4v) is 5.59. The summed E-state index contributed by atoms with van der Waals surface area (Å²) in [6.07, 6.45) is 0. The summed E-state index contributed by atoms with van der Waals surface area (Å²) in [5.41, 5.74) is -0.462. The first-order chi connectivity index (χ1) is 9.89. The van der Waals surface area contributed by atoms with Crippen LogP contribution >= 0.6 is 11.8 Å². The number of carbonyl (C=O) groups excluding carboxylic acids is 2. The maximum absolute atomic E-state index is 11.0. The third-order valence-corrected chi connectivity index (χ3v) is 9.14. The Morgan fingerprint density at radius 3 is 2.05 bits per heavy atom. The molecule has 0 aliphatic rings. The molecule has 0 N–H and O–H groups in total. The van der Waals surface area contributed by atoms with Crippen molar-refractivity contribution in [2.45, 2.75) is 58.2 Å². The van der Waals surface area contributed by atoms with E-state index in [0.29, 0.717) is 12.4 Å². The Kier molecular flexibility index (Phi) is 10.8. The molecule has 1 atom stereocenters. The molecule has 0 heterocycles. The predicted octanol–water partition coefficient (Wildman–Crippen LogP) is 3.19. The van der Waals surface area contributed by atoms with Crippen molar-refractivity contribution in [3.8, 4) is 0 Å². The Hall–Kier alpha value is -0.533. The van der Waals surface area contributed by atoms with Crippen LogP contribution in [-0.2, 0) is 23.5 Å². The van der Waals surface area contributed by atoms with E-state index in [-0.39, 0.29) is 18.5 Å². The van der Waals surface area contributed by atoms with Gasteiger partial charge in [-0.25, -0.2) is 0 Å². The Morgan fingerprint density at radius 2 is 1.62 bits per heavy atom. The van der Waals surface area contributed by atoms with E-state index in [0.717, 1.165) is 18.1 Å². The Balaban J connectivity index is 4.17. The Bertz CT molecular complexity index is 312. The second-order valence-corrected chi connectivity index (χ2v) is 10.8. The smallest absolute Gasteiger partial charge is 0.303 e. The summed E-state index contributed by atoms with van der Waals surface area (Å²) in [6.45, 7) is 9.98. The molecule has 0 aromatic heterocycles. The highest BCUT2D eigenvalue weighted by Gasteiger charge is 2.28. The van der Waals surface area contributed by atoms with E-state index >= 15 is 0 Å². The van der Waals surface area contributed by atoms with Crippen LogP contribution in [0.15, 0.2) is 0 Å². The Morgan fingerprint density at radius 1 is 1.05 bits per heavy atom. The predicted molar refractivity (Wildman–Crippen MR) is 87.8 cm³/mol. The molecule has 0 bridgehead atoms. The highest BCUT2D eigenvalue weighted by Crippen LogP contribution is 2.22. The summed E-state index contributed by atoms with van der Waals surface area (Å²) in [5, 5.41) is 0. The first-order valence-electron chi connectivity index (χ1n) is 7.45. The van der Waals surface area contributed by atoms with Gasteiger partial charge in [0.25, 0.3) is 0 Å². The number of thioether (sulfide) groups is 1. The van der Waals surface area contributed by atoms with Crippen molar-refractivity contribution in [3.05, 3.63) is 0 Å². The van der Waals surface area contributed by atoms with Crippen molar-refractivity contribution in [2.24, 2.45) is 0 Å². The highest BCUT2D eigenvalue weighted by molar-refractivity contribution is 7.99. The van der Waals surface area contributed by atoms with Crippen LogP contribution in [0.4, 0.5) is 0 Å². The van der Waals surface area contributed by atoms with Crippen LogP contribution in [0.5, 0.6) is 0 Å². The highest BCUT2D eigenvalue weighted by atomic mass is 32.2. The van der Waals surface area contributed by atoms with Crippen LogP contribution in [0.2, 0.25) is 18.1 Å². The molecular formula is C14H28O5SSi. The van der Waals surface area contributed by atoms with E-state index in [1.165, 1.54) is 25.6 Å². The maximum Gasteiger partial charge on any atom is 0.303 e. The lowest BCUT2D eigenvalue weighted by Crippen LogP contribution is -2.36. The SMILES string of the molecule is CC[Si](CC)(CC)OCCS[C@@H](COC(C)=O)OC(C)=O. The fraction of sp³-hybridized carbons (Fsp3) is 0.857. The summed E-state index contributed by atoms with van der Waals surface area (Å²) in [7, 11) is -1.56. The minimum absolute atomic E-state index is 0.0808. The molecule has 0 spiro atoms. The molecule has 0 unspecified atom stereocenters. The number of rotatable bonds is 11. The van der Waals surface area contributed by atoms with Crippen molar-refractivity contribution >= 4 is 32.0 Å². The number of carbonyl (C=O) groups is 2. The van der Waals surface area contributed by atoms with Gasteiger partial charge < -0.3 is 13.9 Å². The summed E-state index contributed by atoms with van der Waals surface area (Å²) in [4.78, 5) is 21.9. The number of esters is 2. The number of hydrogen-bond donors (Lipinski definition) is 0. The molecule has 0 saturated heterocycles. The van der Waals surface area contributed by atoms with Crippen molar-refractivity contribution in [1.82, 2.24) is 0 Å². The van der Waals surface area contributed by atoms with Crippen LogP contribution in [0.25, 0.3) is 0 Å². The van der Waals surface area contributed by atoms with Gasteiger partial charge in [-0.15, -0.1) is 11.8 Å². The van der Waals surface area contributed by atoms with Gasteiger partial charge >= 0.3 is 11.9 Å². The van der Waals surface area contributed by atoms with Gasteiger partial charge in [-0.3, -0.25) is 9.59 Å². The number of ether oxygens (including phenoxy) is 2. The maximum atomic E-state index is 11.0. The van der Waals surface area contributed by atoms with Gasteiger partial charge in [0.15, 0.2) is 13.8 Å². The molecule has 124 valence electrons. The molecular weight excluding hydrogens is 308 g/mol. The van der Waals surface area contributed by atoms with Crippen molar-refractivity contribution in [1.29, 1.82) is 0 Å². The van der Waals surface area contributed by atoms with Crippen LogP contribution < -0.4 is 0 Å². The van der Waals surface area contributed by atoms with Crippen molar-refractivity contribution < 1.29 is 23.5 Å². The molecule has 7 heteroatoms. The third kappa shape index (κ3) is 9.16. The average Bonchev–Trinajstić information content (AvgIpc) is 2.45. The van der Waals surface area contributed by atoms with E-state index in [4.69, 9.17) is 13.9 Å². The summed E-state index contributed by atoms with van der Waals surface area (Å²) >= 11 is 1.44. The lowest BCUT2D eigenvalue weighted by Gasteiger charge is -2.28. The van der Waals surface area contributed by atoms with Gasteiger partial charge in [0.05, 0.1) is 0 Å². The zero-order chi connectivity index (χ0) is 16.3. The van der Waals surface area contributed by atoms with E-state index in [2.05, 4.69) is 20.8 Å². The van der Waals surface area contributed by atoms with E-state index in [1.807, 2.05) is 0 Å². The van der Waals surface area contributed by atoms with Crippen molar-refractivity contribution in [3.63, 3.8) is 0 Å². The van der Waals surface area contributed by atoms with Gasteiger partial charge in [0.1, 0.15) is 6.61 Å². The van der Waals surface area contributed by atoms with Gasteiger partial charge in [-0.1, -0.05) is 20.8 Å².